The number of ether oxygens (including phenoxy) is 3. The molecule has 1 heterocycles. The number of rotatable bonds is 2. The van der Waals surface area contributed by atoms with Crippen LogP contribution in [0.3, 0.4) is 0 Å². The highest BCUT2D eigenvalue weighted by Gasteiger charge is 2.40. The van der Waals surface area contributed by atoms with E-state index in [0.29, 0.717) is 19.3 Å². The molecule has 0 aromatic carbocycles. The summed E-state index contributed by atoms with van der Waals surface area (Å²) in [6, 6.07) is -0.963. The fourth-order valence-electron chi connectivity index (χ4n) is 2.00. The molecule has 126 valence electrons. The molecule has 1 rings (SSSR count). The minimum Gasteiger partial charge on any atom is -0.467 e. The van der Waals surface area contributed by atoms with Crippen molar-refractivity contribution in [2.24, 2.45) is 0 Å². The Labute approximate surface area is 129 Å². The molecule has 0 aromatic rings. The summed E-state index contributed by atoms with van der Waals surface area (Å²) in [5.74, 6) is -1.24. The lowest BCUT2D eigenvalue weighted by molar-refractivity contribution is -0.214. The Bertz CT molecular complexity index is 429. The summed E-state index contributed by atoms with van der Waals surface area (Å²) in [6.45, 7) is 5.06. The third-order valence-electron chi connectivity index (χ3n) is 2.98. The highest BCUT2D eigenvalue weighted by Crippen LogP contribution is 2.23. The molecule has 0 bridgehead atoms. The van der Waals surface area contributed by atoms with Gasteiger partial charge in [-0.3, -0.25) is 4.84 Å². The summed E-state index contributed by atoms with van der Waals surface area (Å²) in [7, 11) is 2.45. The van der Waals surface area contributed by atoms with Crippen molar-refractivity contribution in [2.45, 2.75) is 57.8 Å². The van der Waals surface area contributed by atoms with Gasteiger partial charge in [-0.25, -0.2) is 14.4 Å². The molecule has 0 saturated carbocycles. The highest BCUT2D eigenvalue weighted by atomic mass is 16.8. The first-order valence-electron chi connectivity index (χ1n) is 7.04. The molecule has 0 aliphatic carbocycles. The van der Waals surface area contributed by atoms with Crippen molar-refractivity contribution >= 4 is 18.0 Å². The number of hydroxylamine groups is 2. The molecule has 0 radical (unpaired) electrons. The van der Waals surface area contributed by atoms with Gasteiger partial charge in [-0.05, 0) is 40.0 Å². The van der Waals surface area contributed by atoms with Crippen LogP contribution < -0.4 is 0 Å². The third kappa shape index (κ3) is 4.87. The monoisotopic (exact) mass is 317 g/mol. The fourth-order valence-corrected chi connectivity index (χ4v) is 2.00. The summed E-state index contributed by atoms with van der Waals surface area (Å²) in [4.78, 5) is 41.2. The van der Waals surface area contributed by atoms with Gasteiger partial charge in [0.25, 0.3) is 0 Å². The lowest BCUT2D eigenvalue weighted by Gasteiger charge is -2.30. The number of esters is 2. The van der Waals surface area contributed by atoms with Crippen LogP contribution in [-0.4, -0.2) is 55.1 Å². The Morgan fingerprint density at radius 3 is 2.14 bits per heavy atom. The molecular weight excluding hydrogens is 294 g/mol. The average Bonchev–Trinajstić information content (AvgIpc) is 2.66. The second kappa shape index (κ2) is 7.44. The number of carbonyl (C=O) groups excluding carboxylic acids is 3. The zero-order valence-corrected chi connectivity index (χ0v) is 13.6. The maximum Gasteiger partial charge on any atom is 0.435 e. The topological polar surface area (TPSA) is 91.4 Å². The zero-order chi connectivity index (χ0) is 16.9. The number of hydrogen-bond acceptors (Lipinski definition) is 7. The normalized spacial score (nSPS) is 22.5. The van der Waals surface area contributed by atoms with Crippen LogP contribution in [0.25, 0.3) is 0 Å². The van der Waals surface area contributed by atoms with E-state index in [2.05, 4.69) is 4.74 Å². The van der Waals surface area contributed by atoms with Crippen LogP contribution in [0.5, 0.6) is 0 Å². The maximum atomic E-state index is 12.3. The minimum absolute atomic E-state index is 0.305. The van der Waals surface area contributed by atoms with E-state index >= 15 is 0 Å². The van der Waals surface area contributed by atoms with Gasteiger partial charge in [0.2, 0.25) is 0 Å². The Hall–Kier alpha value is -1.83. The molecular formula is C14H23NO7. The Morgan fingerprint density at radius 1 is 1.05 bits per heavy atom. The molecule has 0 N–H and O–H groups in total. The van der Waals surface area contributed by atoms with Crippen molar-refractivity contribution in [2.75, 3.05) is 14.2 Å². The van der Waals surface area contributed by atoms with Crippen LogP contribution in [0.1, 0.15) is 40.0 Å². The molecule has 0 aromatic heterocycles. The smallest absolute Gasteiger partial charge is 0.435 e. The molecule has 1 fully saturated rings. The Kier molecular flexibility index (Phi) is 6.16. The van der Waals surface area contributed by atoms with Crippen LogP contribution in [0.15, 0.2) is 0 Å². The molecule has 0 spiro atoms. The lowest BCUT2D eigenvalue weighted by Crippen LogP contribution is -2.48. The molecule has 1 amide bonds. The lowest BCUT2D eigenvalue weighted by atomic mass is 10.1. The predicted molar refractivity (Wildman–Crippen MR) is 74.6 cm³/mol. The second-order valence-corrected chi connectivity index (χ2v) is 5.89. The van der Waals surface area contributed by atoms with Crippen molar-refractivity contribution in [3.05, 3.63) is 0 Å². The predicted octanol–water partition coefficient (Wildman–Crippen LogP) is 1.42. The molecule has 1 aliphatic rings. The summed E-state index contributed by atoms with van der Waals surface area (Å²) in [5.41, 5.74) is -0.770. The molecule has 22 heavy (non-hydrogen) atoms. The highest BCUT2D eigenvalue weighted by molar-refractivity contribution is 5.81. The number of carbonyl (C=O) groups is 3. The van der Waals surface area contributed by atoms with Gasteiger partial charge in [0.05, 0.1) is 14.2 Å². The number of amides is 1. The van der Waals surface area contributed by atoms with Crippen molar-refractivity contribution in [1.29, 1.82) is 0 Å². The summed E-state index contributed by atoms with van der Waals surface area (Å²) >= 11 is 0. The second-order valence-electron chi connectivity index (χ2n) is 5.89. The zero-order valence-electron chi connectivity index (χ0n) is 13.6. The number of nitrogens with zero attached hydrogens (tertiary/aromatic N) is 1. The molecule has 8 nitrogen and oxygen atoms in total. The Balaban J connectivity index is 3.00. The van der Waals surface area contributed by atoms with E-state index in [1.807, 2.05) is 0 Å². The van der Waals surface area contributed by atoms with Crippen molar-refractivity contribution < 1.29 is 33.4 Å². The van der Waals surface area contributed by atoms with E-state index in [1.165, 1.54) is 14.2 Å². The number of hydrogen-bond donors (Lipinski definition) is 0. The first-order chi connectivity index (χ1) is 10.2. The summed E-state index contributed by atoms with van der Waals surface area (Å²) < 4.78 is 14.6. The fraction of sp³-hybridized carbons (Fsp3) is 0.786. The van der Waals surface area contributed by atoms with Gasteiger partial charge < -0.3 is 14.2 Å². The molecule has 1 aliphatic heterocycles. The van der Waals surface area contributed by atoms with Crippen LogP contribution in [0.2, 0.25) is 0 Å². The van der Waals surface area contributed by atoms with Gasteiger partial charge in [0, 0.05) is 0 Å². The van der Waals surface area contributed by atoms with E-state index < -0.39 is 35.8 Å². The van der Waals surface area contributed by atoms with E-state index in [-0.39, 0.29) is 0 Å². The van der Waals surface area contributed by atoms with Crippen LogP contribution in [-0.2, 0) is 28.6 Å². The van der Waals surface area contributed by atoms with Gasteiger partial charge in [-0.15, -0.1) is 0 Å². The van der Waals surface area contributed by atoms with Gasteiger partial charge in [0.1, 0.15) is 5.60 Å². The van der Waals surface area contributed by atoms with E-state index in [9.17, 15) is 14.4 Å². The van der Waals surface area contributed by atoms with Gasteiger partial charge in [-0.1, -0.05) is 0 Å². The SMILES string of the molecule is COC(=O)[C@H]1CCC[C@@H](C(=O)OC)N(C(=O)OC(C)(C)C)O1. The first-order valence-corrected chi connectivity index (χ1v) is 7.04. The molecule has 2 atom stereocenters. The number of methoxy groups -OCH3 is 2. The van der Waals surface area contributed by atoms with Crippen LogP contribution >= 0.6 is 0 Å². The molecule has 1 saturated heterocycles. The van der Waals surface area contributed by atoms with E-state index in [0.717, 1.165) is 5.06 Å². The average molecular weight is 317 g/mol. The van der Waals surface area contributed by atoms with Crippen LogP contribution in [0.4, 0.5) is 4.79 Å². The van der Waals surface area contributed by atoms with Crippen LogP contribution in [0, 0.1) is 0 Å². The van der Waals surface area contributed by atoms with Crippen molar-refractivity contribution in [1.82, 2.24) is 5.06 Å². The Morgan fingerprint density at radius 2 is 1.64 bits per heavy atom. The third-order valence-corrected chi connectivity index (χ3v) is 2.98. The largest absolute Gasteiger partial charge is 0.467 e. The first kappa shape index (κ1) is 18.2. The molecule has 8 heteroatoms. The maximum absolute atomic E-state index is 12.3. The quantitative estimate of drug-likeness (QED) is 0.562. The minimum atomic E-state index is -0.966. The van der Waals surface area contributed by atoms with Gasteiger partial charge in [-0.2, -0.15) is 5.06 Å². The van der Waals surface area contributed by atoms with E-state index in [4.69, 9.17) is 14.3 Å². The standard InChI is InChI=1S/C14H23NO7/c1-14(2,3)21-13(18)15-9(11(16)19-4)7-6-8-10(22-15)12(17)20-5/h9-10H,6-8H2,1-5H3/t9-,10+/m0/s1. The summed E-state index contributed by atoms with van der Waals surface area (Å²) in [6.07, 6.45) is -0.677. The summed E-state index contributed by atoms with van der Waals surface area (Å²) in [5, 5.41) is 0.783. The van der Waals surface area contributed by atoms with E-state index in [1.54, 1.807) is 20.8 Å². The molecule has 0 unspecified atom stereocenters. The van der Waals surface area contributed by atoms with Gasteiger partial charge >= 0.3 is 18.0 Å². The van der Waals surface area contributed by atoms with Crippen molar-refractivity contribution in [3.63, 3.8) is 0 Å². The van der Waals surface area contributed by atoms with Gasteiger partial charge in [0.15, 0.2) is 12.1 Å². The van der Waals surface area contributed by atoms with Crippen molar-refractivity contribution in [3.8, 4) is 0 Å².